The number of rotatable bonds is 1. The molecule has 3 aromatic rings. The summed E-state index contributed by atoms with van der Waals surface area (Å²) in [6, 6.07) is 12.1. The maximum absolute atomic E-state index is 5.86. The van der Waals surface area contributed by atoms with Crippen LogP contribution in [-0.2, 0) is 0 Å². The van der Waals surface area contributed by atoms with Crippen LogP contribution in [0.3, 0.4) is 0 Å². The third-order valence-corrected chi connectivity index (χ3v) is 2.97. The minimum Gasteiger partial charge on any atom is -0.399 e. The molecule has 1 aromatic carbocycles. The summed E-state index contributed by atoms with van der Waals surface area (Å²) < 4.78 is 2.07. The van der Waals surface area contributed by atoms with Crippen molar-refractivity contribution in [2.45, 2.75) is 6.92 Å². The minimum atomic E-state index is 0.780. The summed E-state index contributed by atoms with van der Waals surface area (Å²) in [7, 11) is 0. The second-order valence-electron chi connectivity index (χ2n) is 4.14. The number of hydrogen-bond donors (Lipinski definition) is 1. The molecule has 3 heteroatoms. The summed E-state index contributed by atoms with van der Waals surface area (Å²) in [6.45, 7) is 2.09. The van der Waals surface area contributed by atoms with Crippen molar-refractivity contribution in [1.29, 1.82) is 0 Å². The maximum atomic E-state index is 5.86. The lowest BCUT2D eigenvalue weighted by atomic mass is 10.0. The number of hydrogen-bond acceptors (Lipinski definition) is 2. The molecular formula is C14H13N3. The fourth-order valence-electron chi connectivity index (χ4n) is 2.08. The average Bonchev–Trinajstić information content (AvgIpc) is 2.80. The largest absolute Gasteiger partial charge is 0.399 e. The van der Waals surface area contributed by atoms with E-state index in [9.17, 15) is 0 Å². The molecule has 0 aliphatic heterocycles. The molecular weight excluding hydrogens is 210 g/mol. The van der Waals surface area contributed by atoms with Gasteiger partial charge < -0.3 is 5.73 Å². The topological polar surface area (TPSA) is 43.3 Å². The van der Waals surface area contributed by atoms with E-state index < -0.39 is 0 Å². The van der Waals surface area contributed by atoms with Crippen LogP contribution in [-0.4, -0.2) is 9.38 Å². The second-order valence-corrected chi connectivity index (χ2v) is 4.14. The van der Waals surface area contributed by atoms with Crippen LogP contribution in [0.2, 0.25) is 0 Å². The van der Waals surface area contributed by atoms with Gasteiger partial charge in [0, 0.05) is 23.6 Å². The highest BCUT2D eigenvalue weighted by atomic mass is 15.0. The molecule has 2 N–H and O–H groups in total. The predicted octanol–water partition coefficient (Wildman–Crippen LogP) is 2.89. The third-order valence-electron chi connectivity index (χ3n) is 2.97. The van der Waals surface area contributed by atoms with Crippen molar-refractivity contribution < 1.29 is 0 Å². The van der Waals surface area contributed by atoms with Gasteiger partial charge in [0.15, 0.2) is 0 Å². The molecule has 0 atom stereocenters. The summed E-state index contributed by atoms with van der Waals surface area (Å²) in [5.74, 6) is 0. The fourth-order valence-corrected chi connectivity index (χ4v) is 2.08. The molecule has 0 saturated heterocycles. The second kappa shape index (κ2) is 3.63. The fraction of sp³-hybridized carbons (Fsp3) is 0.0714. The van der Waals surface area contributed by atoms with Crippen LogP contribution in [0.25, 0.3) is 16.9 Å². The van der Waals surface area contributed by atoms with Crippen LogP contribution < -0.4 is 5.73 Å². The first kappa shape index (κ1) is 9.90. The lowest BCUT2D eigenvalue weighted by Crippen LogP contribution is -1.94. The van der Waals surface area contributed by atoms with Gasteiger partial charge in [0.1, 0.15) is 5.65 Å². The number of fused-ring (bicyclic) bond motifs is 1. The van der Waals surface area contributed by atoms with Crippen molar-refractivity contribution >= 4 is 11.3 Å². The van der Waals surface area contributed by atoms with Crippen LogP contribution in [0.4, 0.5) is 5.69 Å². The van der Waals surface area contributed by atoms with Gasteiger partial charge in [0.2, 0.25) is 0 Å². The number of aryl methyl sites for hydroxylation is 1. The van der Waals surface area contributed by atoms with Crippen molar-refractivity contribution in [2.75, 3.05) is 5.73 Å². The number of pyridine rings is 1. The number of nitrogens with two attached hydrogens (primary N) is 1. The maximum Gasteiger partial charge on any atom is 0.137 e. The standard InChI is InChI=1S/C14H13N3/c1-10-5-6-11(15)9-12(10)13-3-2-4-14-16-7-8-17(13)14/h2-9H,15H2,1H3. The van der Waals surface area contributed by atoms with Gasteiger partial charge in [-0.2, -0.15) is 0 Å². The molecule has 2 heterocycles. The molecule has 0 radical (unpaired) electrons. The van der Waals surface area contributed by atoms with E-state index in [4.69, 9.17) is 5.73 Å². The number of nitrogen functional groups attached to an aromatic ring is 1. The summed E-state index contributed by atoms with van der Waals surface area (Å²) >= 11 is 0. The molecule has 0 aliphatic carbocycles. The highest BCUT2D eigenvalue weighted by molar-refractivity contribution is 5.70. The van der Waals surface area contributed by atoms with E-state index in [0.717, 1.165) is 22.6 Å². The molecule has 3 nitrogen and oxygen atoms in total. The average molecular weight is 223 g/mol. The first-order valence-corrected chi connectivity index (χ1v) is 5.54. The first-order valence-electron chi connectivity index (χ1n) is 5.54. The number of nitrogens with zero attached hydrogens (tertiary/aromatic N) is 2. The van der Waals surface area contributed by atoms with Crippen LogP contribution in [0.5, 0.6) is 0 Å². The molecule has 17 heavy (non-hydrogen) atoms. The molecule has 0 aliphatic rings. The lowest BCUT2D eigenvalue weighted by molar-refractivity contribution is 1.18. The zero-order chi connectivity index (χ0) is 11.8. The molecule has 84 valence electrons. The van der Waals surface area contributed by atoms with E-state index in [0.29, 0.717) is 0 Å². The van der Waals surface area contributed by atoms with Crippen LogP contribution in [0.15, 0.2) is 48.8 Å². The monoisotopic (exact) mass is 223 g/mol. The normalized spacial score (nSPS) is 10.9. The zero-order valence-corrected chi connectivity index (χ0v) is 9.59. The Morgan fingerprint density at radius 2 is 2.06 bits per heavy atom. The van der Waals surface area contributed by atoms with Gasteiger partial charge in [-0.05, 0) is 36.8 Å². The Hall–Kier alpha value is -2.29. The predicted molar refractivity (Wildman–Crippen MR) is 69.8 cm³/mol. The van der Waals surface area contributed by atoms with Crippen molar-refractivity contribution in [1.82, 2.24) is 9.38 Å². The van der Waals surface area contributed by atoms with E-state index in [1.807, 2.05) is 36.5 Å². The minimum absolute atomic E-state index is 0.780. The molecule has 0 amide bonds. The van der Waals surface area contributed by atoms with Crippen LogP contribution >= 0.6 is 0 Å². The Balaban J connectivity index is 2.34. The van der Waals surface area contributed by atoms with Gasteiger partial charge in [0.25, 0.3) is 0 Å². The van der Waals surface area contributed by atoms with E-state index in [2.05, 4.69) is 22.4 Å². The van der Waals surface area contributed by atoms with E-state index in [1.165, 1.54) is 5.56 Å². The Bertz CT molecular complexity index is 683. The van der Waals surface area contributed by atoms with Crippen LogP contribution in [0.1, 0.15) is 5.56 Å². The highest BCUT2D eigenvalue weighted by Crippen LogP contribution is 2.26. The summed E-state index contributed by atoms with van der Waals surface area (Å²) in [4.78, 5) is 4.29. The van der Waals surface area contributed by atoms with Gasteiger partial charge in [-0.15, -0.1) is 0 Å². The van der Waals surface area contributed by atoms with Crippen molar-refractivity contribution in [2.24, 2.45) is 0 Å². The van der Waals surface area contributed by atoms with Gasteiger partial charge >= 0.3 is 0 Å². The molecule has 2 aromatic heterocycles. The molecule has 0 saturated carbocycles. The quantitative estimate of drug-likeness (QED) is 0.644. The highest BCUT2D eigenvalue weighted by Gasteiger charge is 2.06. The van der Waals surface area contributed by atoms with E-state index >= 15 is 0 Å². The zero-order valence-electron chi connectivity index (χ0n) is 9.59. The van der Waals surface area contributed by atoms with E-state index in [1.54, 1.807) is 6.20 Å². The Labute approximate surface area is 99.5 Å². The first-order chi connectivity index (χ1) is 8.25. The summed E-state index contributed by atoms with van der Waals surface area (Å²) in [6.07, 6.45) is 3.77. The molecule has 0 bridgehead atoms. The van der Waals surface area contributed by atoms with Crippen molar-refractivity contribution in [3.63, 3.8) is 0 Å². The SMILES string of the molecule is Cc1ccc(N)cc1-c1cccc2nccn12. The number of imidazole rings is 1. The van der Waals surface area contributed by atoms with Gasteiger partial charge in [-0.1, -0.05) is 12.1 Å². The molecule has 0 spiro atoms. The third kappa shape index (κ3) is 1.56. The van der Waals surface area contributed by atoms with E-state index in [-0.39, 0.29) is 0 Å². The molecule has 3 rings (SSSR count). The number of benzene rings is 1. The summed E-state index contributed by atoms with van der Waals surface area (Å²) in [5, 5.41) is 0. The number of aromatic nitrogens is 2. The molecule has 0 unspecified atom stereocenters. The smallest absolute Gasteiger partial charge is 0.137 e. The van der Waals surface area contributed by atoms with Gasteiger partial charge in [-0.3, -0.25) is 4.40 Å². The Morgan fingerprint density at radius 1 is 1.18 bits per heavy atom. The van der Waals surface area contributed by atoms with Gasteiger partial charge in [0.05, 0.1) is 5.69 Å². The van der Waals surface area contributed by atoms with Gasteiger partial charge in [-0.25, -0.2) is 4.98 Å². The number of anilines is 1. The summed E-state index contributed by atoms with van der Waals surface area (Å²) in [5.41, 5.74) is 11.1. The Morgan fingerprint density at radius 3 is 2.94 bits per heavy atom. The van der Waals surface area contributed by atoms with Crippen molar-refractivity contribution in [3.05, 3.63) is 54.4 Å². The van der Waals surface area contributed by atoms with Crippen molar-refractivity contribution in [3.8, 4) is 11.3 Å². The van der Waals surface area contributed by atoms with Crippen LogP contribution in [0, 0.1) is 6.92 Å². The lowest BCUT2D eigenvalue weighted by Gasteiger charge is -2.09. The Kier molecular flexibility index (Phi) is 2.11. The molecule has 0 fully saturated rings.